The SMILES string of the molecule is CCCCCCCCCCCCN(CC)C(=O)Cl. The topological polar surface area (TPSA) is 20.3 Å². The van der Waals surface area contributed by atoms with Gasteiger partial charge in [-0.05, 0) is 24.9 Å². The van der Waals surface area contributed by atoms with Crippen LogP contribution in [-0.4, -0.2) is 23.4 Å². The zero-order valence-electron chi connectivity index (χ0n) is 12.2. The number of unbranched alkanes of at least 4 members (excludes halogenated alkanes) is 9. The molecule has 108 valence electrons. The van der Waals surface area contributed by atoms with Crippen LogP contribution in [0.4, 0.5) is 4.79 Å². The van der Waals surface area contributed by atoms with Gasteiger partial charge in [-0.3, -0.25) is 4.79 Å². The van der Waals surface area contributed by atoms with Gasteiger partial charge >= 0.3 is 5.37 Å². The second-order valence-electron chi connectivity index (χ2n) is 5.01. The third-order valence-electron chi connectivity index (χ3n) is 3.41. The third-order valence-corrected chi connectivity index (χ3v) is 3.65. The maximum Gasteiger partial charge on any atom is 0.316 e. The summed E-state index contributed by atoms with van der Waals surface area (Å²) in [4.78, 5) is 12.7. The van der Waals surface area contributed by atoms with Crippen LogP contribution < -0.4 is 0 Å². The van der Waals surface area contributed by atoms with E-state index in [-0.39, 0.29) is 5.37 Å². The molecule has 3 heteroatoms. The number of rotatable bonds is 12. The maximum atomic E-state index is 11.0. The lowest BCUT2D eigenvalue weighted by molar-refractivity contribution is 0.223. The summed E-state index contributed by atoms with van der Waals surface area (Å²) in [6.45, 7) is 5.76. The number of nitrogens with zero attached hydrogens (tertiary/aromatic N) is 1. The Hall–Kier alpha value is -0.240. The van der Waals surface area contributed by atoms with Crippen LogP contribution in [0.15, 0.2) is 0 Å². The molecule has 0 unspecified atom stereocenters. The minimum absolute atomic E-state index is 0.312. The molecule has 0 bridgehead atoms. The molecular weight excluding hydrogens is 246 g/mol. The summed E-state index contributed by atoms with van der Waals surface area (Å²) in [5.41, 5.74) is 0. The second kappa shape index (κ2) is 13.2. The predicted molar refractivity (Wildman–Crippen MR) is 80.3 cm³/mol. The Kier molecular flexibility index (Phi) is 13.0. The number of hydrogen-bond acceptors (Lipinski definition) is 1. The first kappa shape index (κ1) is 17.8. The van der Waals surface area contributed by atoms with Gasteiger partial charge in [-0.2, -0.15) is 0 Å². The van der Waals surface area contributed by atoms with E-state index in [0.29, 0.717) is 0 Å². The van der Waals surface area contributed by atoms with Crippen molar-refractivity contribution in [3.63, 3.8) is 0 Å². The highest BCUT2D eigenvalue weighted by molar-refractivity contribution is 6.62. The minimum atomic E-state index is -0.312. The van der Waals surface area contributed by atoms with Crippen LogP contribution in [-0.2, 0) is 0 Å². The van der Waals surface area contributed by atoms with Crippen molar-refractivity contribution >= 4 is 17.0 Å². The van der Waals surface area contributed by atoms with E-state index >= 15 is 0 Å². The van der Waals surface area contributed by atoms with Crippen LogP contribution in [0.2, 0.25) is 0 Å². The maximum absolute atomic E-state index is 11.0. The summed E-state index contributed by atoms with van der Waals surface area (Å²) in [6, 6.07) is 0. The van der Waals surface area contributed by atoms with E-state index in [4.69, 9.17) is 11.6 Å². The molecule has 0 aliphatic rings. The fraction of sp³-hybridized carbons (Fsp3) is 0.933. The molecule has 0 fully saturated rings. The summed E-state index contributed by atoms with van der Waals surface area (Å²) >= 11 is 5.45. The van der Waals surface area contributed by atoms with Crippen molar-refractivity contribution in [2.24, 2.45) is 0 Å². The van der Waals surface area contributed by atoms with E-state index < -0.39 is 0 Å². The molecule has 0 aromatic carbocycles. The highest BCUT2D eigenvalue weighted by Gasteiger charge is 2.06. The quantitative estimate of drug-likeness (QED) is 0.258. The fourth-order valence-electron chi connectivity index (χ4n) is 2.16. The van der Waals surface area contributed by atoms with Crippen LogP contribution in [0, 0.1) is 0 Å². The molecular formula is C15H30ClNO. The van der Waals surface area contributed by atoms with Crippen LogP contribution in [0.25, 0.3) is 0 Å². The summed E-state index contributed by atoms with van der Waals surface area (Å²) in [6.07, 6.45) is 13.2. The first-order chi connectivity index (χ1) is 8.72. The lowest BCUT2D eigenvalue weighted by Gasteiger charge is -2.16. The molecule has 0 aromatic rings. The van der Waals surface area contributed by atoms with E-state index in [1.54, 1.807) is 4.90 Å². The zero-order valence-corrected chi connectivity index (χ0v) is 13.0. The van der Waals surface area contributed by atoms with Crippen molar-refractivity contribution in [3.05, 3.63) is 0 Å². The molecule has 0 spiro atoms. The molecule has 0 aromatic heterocycles. The molecule has 0 radical (unpaired) electrons. The van der Waals surface area contributed by atoms with Crippen LogP contribution >= 0.6 is 11.6 Å². The summed E-state index contributed by atoms with van der Waals surface area (Å²) in [7, 11) is 0. The highest BCUT2D eigenvalue weighted by atomic mass is 35.5. The molecule has 0 saturated carbocycles. The number of carbonyl (C=O) groups is 1. The number of hydrogen-bond donors (Lipinski definition) is 0. The van der Waals surface area contributed by atoms with Gasteiger partial charge in [-0.1, -0.05) is 64.7 Å². The van der Waals surface area contributed by atoms with Crippen LogP contribution in [0.3, 0.4) is 0 Å². The number of halogens is 1. The fourth-order valence-corrected chi connectivity index (χ4v) is 2.36. The van der Waals surface area contributed by atoms with Gasteiger partial charge in [0.05, 0.1) is 0 Å². The average molecular weight is 276 g/mol. The van der Waals surface area contributed by atoms with Gasteiger partial charge in [0.25, 0.3) is 0 Å². The normalized spacial score (nSPS) is 10.6. The second-order valence-corrected chi connectivity index (χ2v) is 5.34. The van der Waals surface area contributed by atoms with E-state index in [1.165, 1.54) is 57.8 Å². The molecule has 0 atom stereocenters. The molecule has 0 aliphatic carbocycles. The minimum Gasteiger partial charge on any atom is -0.330 e. The first-order valence-corrected chi connectivity index (χ1v) is 8.04. The first-order valence-electron chi connectivity index (χ1n) is 7.66. The third kappa shape index (κ3) is 10.9. The van der Waals surface area contributed by atoms with Crippen molar-refractivity contribution in [1.29, 1.82) is 0 Å². The van der Waals surface area contributed by atoms with Crippen molar-refractivity contribution in [2.75, 3.05) is 13.1 Å². The molecule has 0 saturated heterocycles. The van der Waals surface area contributed by atoms with Gasteiger partial charge in [-0.15, -0.1) is 0 Å². The predicted octanol–water partition coefficient (Wildman–Crippen LogP) is 5.59. The monoisotopic (exact) mass is 275 g/mol. The van der Waals surface area contributed by atoms with Crippen LogP contribution in [0.1, 0.15) is 78.1 Å². The van der Waals surface area contributed by atoms with Gasteiger partial charge < -0.3 is 4.90 Å². The van der Waals surface area contributed by atoms with Crippen molar-refractivity contribution in [1.82, 2.24) is 4.90 Å². The smallest absolute Gasteiger partial charge is 0.316 e. The van der Waals surface area contributed by atoms with Crippen molar-refractivity contribution < 1.29 is 4.79 Å². The van der Waals surface area contributed by atoms with E-state index in [2.05, 4.69) is 6.92 Å². The average Bonchev–Trinajstić information content (AvgIpc) is 2.35. The van der Waals surface area contributed by atoms with E-state index in [0.717, 1.165) is 19.5 Å². The Morgan fingerprint density at radius 2 is 1.28 bits per heavy atom. The summed E-state index contributed by atoms with van der Waals surface area (Å²) in [5, 5.41) is -0.312. The highest BCUT2D eigenvalue weighted by Crippen LogP contribution is 2.11. The summed E-state index contributed by atoms with van der Waals surface area (Å²) < 4.78 is 0. The lowest BCUT2D eigenvalue weighted by atomic mass is 10.1. The van der Waals surface area contributed by atoms with Gasteiger partial charge in [0.15, 0.2) is 0 Å². The molecule has 1 amide bonds. The standard InChI is InChI=1S/C15H30ClNO/c1-3-5-6-7-8-9-10-11-12-13-14-17(4-2)15(16)18/h3-14H2,1-2H3. The van der Waals surface area contributed by atoms with Gasteiger partial charge in [-0.25, -0.2) is 0 Å². The van der Waals surface area contributed by atoms with Crippen LogP contribution in [0.5, 0.6) is 0 Å². The van der Waals surface area contributed by atoms with Crippen molar-refractivity contribution in [2.45, 2.75) is 78.1 Å². The molecule has 0 rings (SSSR count). The zero-order chi connectivity index (χ0) is 13.6. The molecule has 18 heavy (non-hydrogen) atoms. The molecule has 0 aliphatic heterocycles. The Balaban J connectivity index is 3.18. The molecule has 2 nitrogen and oxygen atoms in total. The Labute approximate surface area is 118 Å². The summed E-state index contributed by atoms with van der Waals surface area (Å²) in [5.74, 6) is 0. The Bertz CT molecular complexity index is 197. The molecule has 0 heterocycles. The van der Waals surface area contributed by atoms with Gasteiger partial charge in [0.2, 0.25) is 0 Å². The lowest BCUT2D eigenvalue weighted by Crippen LogP contribution is -2.26. The number of carbonyl (C=O) groups excluding carboxylic acids is 1. The van der Waals surface area contributed by atoms with Gasteiger partial charge in [0, 0.05) is 13.1 Å². The molecule has 0 N–H and O–H groups in total. The number of amides is 1. The van der Waals surface area contributed by atoms with Crippen molar-refractivity contribution in [3.8, 4) is 0 Å². The van der Waals surface area contributed by atoms with Gasteiger partial charge in [0.1, 0.15) is 0 Å². The Morgan fingerprint density at radius 3 is 1.67 bits per heavy atom. The Morgan fingerprint density at radius 1 is 0.833 bits per heavy atom. The van der Waals surface area contributed by atoms with E-state index in [1.807, 2.05) is 6.92 Å². The van der Waals surface area contributed by atoms with E-state index in [9.17, 15) is 4.79 Å². The largest absolute Gasteiger partial charge is 0.330 e.